The second-order valence-corrected chi connectivity index (χ2v) is 8.18. The average Bonchev–Trinajstić information content (AvgIpc) is 2.77. The van der Waals surface area contributed by atoms with Crippen LogP contribution in [0.15, 0.2) is 60.7 Å². The molecule has 0 amide bonds. The summed E-state index contributed by atoms with van der Waals surface area (Å²) < 4.78 is 0. The van der Waals surface area contributed by atoms with E-state index in [0.29, 0.717) is 12.8 Å². The summed E-state index contributed by atoms with van der Waals surface area (Å²) in [6.45, 7) is 7.60. The molecule has 2 aromatic carbocycles. The first-order chi connectivity index (χ1) is 14.2. The van der Waals surface area contributed by atoms with Crippen molar-refractivity contribution in [1.29, 1.82) is 0 Å². The van der Waals surface area contributed by atoms with E-state index < -0.39 is 22.8 Å². The van der Waals surface area contributed by atoms with Crippen molar-refractivity contribution in [3.05, 3.63) is 71.8 Å². The number of benzene rings is 2. The number of carbonyl (C=O) groups excluding carboxylic acids is 2. The van der Waals surface area contributed by atoms with Crippen LogP contribution in [0.4, 0.5) is 0 Å². The fraction of sp³-hybridized carbons (Fsp3) is 0.462. The van der Waals surface area contributed by atoms with Crippen molar-refractivity contribution in [2.75, 3.05) is 0 Å². The molecule has 0 aliphatic heterocycles. The summed E-state index contributed by atoms with van der Waals surface area (Å²) in [6.07, 6.45) is 5.07. The molecule has 31 heavy (non-hydrogen) atoms. The Balaban J connectivity index is 0.000000562. The minimum Gasteiger partial charge on any atom is -0.549 e. The van der Waals surface area contributed by atoms with Gasteiger partial charge in [0.25, 0.3) is 0 Å². The van der Waals surface area contributed by atoms with Crippen molar-refractivity contribution in [2.45, 2.75) is 77.0 Å². The fourth-order valence-electron chi connectivity index (χ4n) is 3.40. The van der Waals surface area contributed by atoms with E-state index in [2.05, 4.69) is 13.8 Å². The Morgan fingerprint density at radius 1 is 0.677 bits per heavy atom. The molecular formula is C26H34MgO4. The van der Waals surface area contributed by atoms with Crippen LogP contribution in [0.3, 0.4) is 0 Å². The minimum absolute atomic E-state index is 0. The van der Waals surface area contributed by atoms with Gasteiger partial charge < -0.3 is 19.8 Å². The molecule has 0 spiro atoms. The van der Waals surface area contributed by atoms with Gasteiger partial charge in [0.05, 0.1) is 11.9 Å². The van der Waals surface area contributed by atoms with Gasteiger partial charge in [0, 0.05) is 10.8 Å². The first-order valence-corrected chi connectivity index (χ1v) is 10.8. The quantitative estimate of drug-likeness (QED) is 0.537. The van der Waals surface area contributed by atoms with Crippen molar-refractivity contribution in [3.63, 3.8) is 0 Å². The summed E-state index contributed by atoms with van der Waals surface area (Å²) in [5, 5.41) is 22.4. The molecule has 0 fully saturated rings. The molecule has 0 radical (unpaired) electrons. The van der Waals surface area contributed by atoms with E-state index in [-0.39, 0.29) is 23.1 Å². The second-order valence-electron chi connectivity index (χ2n) is 8.18. The van der Waals surface area contributed by atoms with Gasteiger partial charge >= 0.3 is 23.1 Å². The predicted molar refractivity (Wildman–Crippen MR) is 122 cm³/mol. The molecule has 0 aliphatic carbocycles. The molecule has 0 N–H and O–H groups in total. The number of rotatable bonds is 10. The molecule has 0 aliphatic rings. The van der Waals surface area contributed by atoms with Crippen LogP contribution in [-0.4, -0.2) is 35.0 Å². The van der Waals surface area contributed by atoms with Crippen LogP contribution in [-0.2, 0) is 20.4 Å². The molecule has 2 rings (SSSR count). The monoisotopic (exact) mass is 434 g/mol. The zero-order valence-corrected chi connectivity index (χ0v) is 20.8. The number of carboxylic acids is 2. The largest absolute Gasteiger partial charge is 2.00 e. The molecule has 2 aromatic rings. The Labute approximate surface area is 203 Å². The van der Waals surface area contributed by atoms with Crippen LogP contribution < -0.4 is 10.2 Å². The minimum atomic E-state index is -0.984. The summed E-state index contributed by atoms with van der Waals surface area (Å²) in [6, 6.07) is 18.6. The summed E-state index contributed by atoms with van der Waals surface area (Å²) in [5.41, 5.74) is -0.0361. The van der Waals surface area contributed by atoms with Gasteiger partial charge in [-0.05, 0) is 24.0 Å². The first kappa shape index (κ1) is 29.1. The number of unbranched alkanes of at least 4 members (excludes halogenated alkanes) is 2. The van der Waals surface area contributed by atoms with E-state index >= 15 is 0 Å². The van der Waals surface area contributed by atoms with E-state index in [0.717, 1.165) is 36.8 Å². The van der Waals surface area contributed by atoms with Gasteiger partial charge in [-0.1, -0.05) is 114 Å². The van der Waals surface area contributed by atoms with Crippen molar-refractivity contribution >= 4 is 35.0 Å². The molecule has 0 saturated carbocycles. The van der Waals surface area contributed by atoms with Crippen LogP contribution in [0, 0.1) is 0 Å². The third-order valence-corrected chi connectivity index (χ3v) is 5.78. The Hall–Kier alpha value is -1.85. The van der Waals surface area contributed by atoms with Crippen molar-refractivity contribution < 1.29 is 19.8 Å². The Kier molecular flexibility index (Phi) is 13.4. The van der Waals surface area contributed by atoms with Gasteiger partial charge in [-0.25, -0.2) is 0 Å². The normalized spacial score (nSPS) is 14.1. The van der Waals surface area contributed by atoms with Gasteiger partial charge in [0.2, 0.25) is 0 Å². The van der Waals surface area contributed by atoms with E-state index in [1.54, 1.807) is 13.8 Å². The summed E-state index contributed by atoms with van der Waals surface area (Å²) >= 11 is 0. The van der Waals surface area contributed by atoms with Crippen LogP contribution in [0.2, 0.25) is 0 Å². The first-order valence-electron chi connectivity index (χ1n) is 10.8. The van der Waals surface area contributed by atoms with Gasteiger partial charge in [-0.15, -0.1) is 0 Å². The Morgan fingerprint density at radius 3 is 1.19 bits per heavy atom. The van der Waals surface area contributed by atoms with Crippen molar-refractivity contribution in [2.24, 2.45) is 0 Å². The second kappa shape index (κ2) is 14.3. The maximum atomic E-state index is 11.2. The molecule has 2 atom stereocenters. The van der Waals surface area contributed by atoms with Gasteiger partial charge in [-0.2, -0.15) is 0 Å². The Morgan fingerprint density at radius 2 is 0.968 bits per heavy atom. The average molecular weight is 435 g/mol. The fourth-order valence-corrected chi connectivity index (χ4v) is 3.40. The molecule has 0 saturated heterocycles. The molecule has 5 heteroatoms. The number of aliphatic carboxylic acids is 2. The maximum Gasteiger partial charge on any atom is 2.00 e. The number of carboxylic acid groups (broad SMARTS) is 2. The predicted octanol–water partition coefficient (Wildman–Crippen LogP) is 3.39. The summed E-state index contributed by atoms with van der Waals surface area (Å²) in [5.74, 6) is -1.97. The van der Waals surface area contributed by atoms with Crippen LogP contribution in [0.5, 0.6) is 0 Å². The number of carbonyl (C=O) groups is 2. The molecule has 0 heterocycles. The molecule has 164 valence electrons. The maximum absolute atomic E-state index is 11.2. The van der Waals surface area contributed by atoms with Gasteiger partial charge in [-0.3, -0.25) is 0 Å². The third kappa shape index (κ3) is 8.30. The van der Waals surface area contributed by atoms with Gasteiger partial charge in [0.1, 0.15) is 0 Å². The number of hydrogen-bond acceptors (Lipinski definition) is 4. The smallest absolute Gasteiger partial charge is 0.549 e. The van der Waals surface area contributed by atoms with E-state index in [9.17, 15) is 19.8 Å². The SMILES string of the molecule is CCCCC(C)(C(=O)[O-])c1ccccc1.CCCCC(C)(C(=O)[O-])c1ccccc1.[Mg+2]. The standard InChI is InChI=1S/2C13H18O2.Mg/c2*1-3-4-10-13(2,12(14)15)11-8-6-5-7-9-11;/h2*5-9H,3-4,10H2,1-2H3,(H,14,15);/q;;+2/p-2. The third-order valence-electron chi connectivity index (χ3n) is 5.78. The van der Waals surface area contributed by atoms with Crippen molar-refractivity contribution in [1.82, 2.24) is 0 Å². The molecule has 0 aromatic heterocycles. The van der Waals surface area contributed by atoms with Crippen LogP contribution in [0.1, 0.15) is 77.3 Å². The Bertz CT molecular complexity index is 711. The van der Waals surface area contributed by atoms with Crippen LogP contribution in [0.25, 0.3) is 0 Å². The van der Waals surface area contributed by atoms with E-state index in [4.69, 9.17) is 0 Å². The van der Waals surface area contributed by atoms with Crippen LogP contribution >= 0.6 is 0 Å². The zero-order chi connectivity index (χ0) is 22.6. The van der Waals surface area contributed by atoms with Crippen molar-refractivity contribution in [3.8, 4) is 0 Å². The zero-order valence-electron chi connectivity index (χ0n) is 19.4. The number of hydrogen-bond donors (Lipinski definition) is 0. The summed E-state index contributed by atoms with van der Waals surface area (Å²) in [4.78, 5) is 22.4. The molecular weight excluding hydrogens is 401 g/mol. The molecule has 4 nitrogen and oxygen atoms in total. The topological polar surface area (TPSA) is 80.3 Å². The molecule has 0 bridgehead atoms. The molecule has 2 unspecified atom stereocenters. The van der Waals surface area contributed by atoms with E-state index in [1.807, 2.05) is 60.7 Å². The van der Waals surface area contributed by atoms with Gasteiger partial charge in [0.15, 0.2) is 0 Å². The summed E-state index contributed by atoms with van der Waals surface area (Å²) in [7, 11) is 0. The van der Waals surface area contributed by atoms with E-state index in [1.165, 1.54) is 0 Å².